The molecule has 1 heterocycles. The molecule has 0 saturated carbocycles. The van der Waals surface area contributed by atoms with E-state index in [1.807, 2.05) is 0 Å². The molecule has 1 aromatic heterocycles. The molecule has 0 atom stereocenters. The van der Waals surface area contributed by atoms with Crippen molar-refractivity contribution in [2.45, 2.75) is 3.79 Å². The van der Waals surface area contributed by atoms with Gasteiger partial charge in [0.2, 0.25) is 3.79 Å². The van der Waals surface area contributed by atoms with Gasteiger partial charge < -0.3 is 9.32 Å². The Kier molecular flexibility index (Phi) is 3.68. The highest BCUT2D eigenvalue weighted by Gasteiger charge is 2.32. The van der Waals surface area contributed by atoms with Crippen molar-refractivity contribution in [2.75, 3.05) is 19.0 Å². The fraction of sp³-hybridized carbons (Fsp3) is 0.375. The van der Waals surface area contributed by atoms with Crippen LogP contribution in [0, 0.1) is 11.3 Å². The highest BCUT2D eigenvalue weighted by atomic mass is 35.6. The van der Waals surface area contributed by atoms with Gasteiger partial charge in [-0.1, -0.05) is 34.8 Å². The zero-order valence-electron chi connectivity index (χ0n) is 8.29. The Hall–Kier alpha value is -0.960. The number of nitriles is 1. The molecule has 0 aliphatic heterocycles. The summed E-state index contributed by atoms with van der Waals surface area (Å²) in [6, 6.07) is 1.56. The third-order valence-electron chi connectivity index (χ3n) is 1.60. The van der Waals surface area contributed by atoms with E-state index in [0.717, 1.165) is 0 Å². The van der Waals surface area contributed by atoms with Crippen LogP contribution in [0.1, 0.15) is 11.3 Å². The molecular weight excluding hydrogens is 276 g/mol. The Bertz CT molecular complexity index is 499. The molecule has 1 rings (SSSR count). The van der Waals surface area contributed by atoms with E-state index in [0.29, 0.717) is 0 Å². The second-order valence-corrected chi connectivity index (χ2v) is 5.29. The number of anilines is 1. The average Bonchev–Trinajstić information content (AvgIpc) is 2.14. The molecule has 0 aromatic carbocycles. The van der Waals surface area contributed by atoms with Crippen LogP contribution in [0.5, 0.6) is 0 Å². The van der Waals surface area contributed by atoms with Crippen molar-refractivity contribution in [1.82, 2.24) is 4.98 Å². The Balaban J connectivity index is 3.58. The Morgan fingerprint density at radius 3 is 2.38 bits per heavy atom. The van der Waals surface area contributed by atoms with Crippen LogP contribution in [-0.4, -0.2) is 19.1 Å². The Labute approximate surface area is 106 Å². The maximum absolute atomic E-state index is 11.4. The van der Waals surface area contributed by atoms with Gasteiger partial charge >= 0.3 is 5.63 Å². The van der Waals surface area contributed by atoms with E-state index in [2.05, 4.69) is 4.98 Å². The molecule has 86 valence electrons. The van der Waals surface area contributed by atoms with Crippen LogP contribution in [0.2, 0.25) is 0 Å². The first kappa shape index (κ1) is 13.1. The van der Waals surface area contributed by atoms with Crippen molar-refractivity contribution in [3.05, 3.63) is 21.7 Å². The van der Waals surface area contributed by atoms with E-state index >= 15 is 0 Å². The van der Waals surface area contributed by atoms with E-state index in [1.54, 1.807) is 20.2 Å². The third kappa shape index (κ3) is 2.59. The second kappa shape index (κ2) is 4.50. The molecule has 0 bridgehead atoms. The SMILES string of the molecule is CN(C)c1nc(C(Cl)(Cl)Cl)c(C#N)c(=O)o1. The van der Waals surface area contributed by atoms with Gasteiger partial charge in [0.25, 0.3) is 6.01 Å². The number of alkyl halides is 3. The maximum atomic E-state index is 11.4. The fourth-order valence-corrected chi connectivity index (χ4v) is 1.31. The van der Waals surface area contributed by atoms with Crippen molar-refractivity contribution in [1.29, 1.82) is 5.26 Å². The number of aromatic nitrogens is 1. The van der Waals surface area contributed by atoms with E-state index in [1.165, 1.54) is 4.90 Å². The molecule has 16 heavy (non-hydrogen) atoms. The minimum absolute atomic E-state index is 0.0367. The highest BCUT2D eigenvalue weighted by Crippen LogP contribution is 2.38. The molecule has 0 aliphatic rings. The third-order valence-corrected chi connectivity index (χ3v) is 2.13. The number of hydrogen-bond donors (Lipinski definition) is 0. The number of rotatable bonds is 1. The van der Waals surface area contributed by atoms with Crippen LogP contribution in [-0.2, 0) is 3.79 Å². The Morgan fingerprint density at radius 2 is 2.00 bits per heavy atom. The normalized spacial score (nSPS) is 11.0. The lowest BCUT2D eigenvalue weighted by atomic mass is 10.3. The largest absolute Gasteiger partial charge is 0.388 e. The maximum Gasteiger partial charge on any atom is 0.358 e. The van der Waals surface area contributed by atoms with Gasteiger partial charge in [-0.05, 0) is 0 Å². The molecule has 1 aromatic rings. The zero-order chi connectivity index (χ0) is 12.5. The van der Waals surface area contributed by atoms with Gasteiger partial charge in [-0.3, -0.25) is 0 Å². The van der Waals surface area contributed by atoms with Crippen molar-refractivity contribution in [3.63, 3.8) is 0 Å². The lowest BCUT2D eigenvalue weighted by molar-refractivity contribution is 0.485. The lowest BCUT2D eigenvalue weighted by Crippen LogP contribution is -2.21. The van der Waals surface area contributed by atoms with Gasteiger partial charge in [0.05, 0.1) is 0 Å². The summed E-state index contributed by atoms with van der Waals surface area (Å²) in [5, 5.41) is 8.75. The van der Waals surface area contributed by atoms with Crippen molar-refractivity contribution in [2.24, 2.45) is 0 Å². The van der Waals surface area contributed by atoms with Crippen LogP contribution in [0.25, 0.3) is 0 Å². The summed E-state index contributed by atoms with van der Waals surface area (Å²) >= 11 is 16.8. The average molecular weight is 283 g/mol. The number of nitrogens with zero attached hydrogens (tertiary/aromatic N) is 3. The Morgan fingerprint density at radius 1 is 1.44 bits per heavy atom. The number of halogens is 3. The molecule has 0 unspecified atom stereocenters. The van der Waals surface area contributed by atoms with Crippen molar-refractivity contribution >= 4 is 40.8 Å². The first-order valence-corrected chi connectivity index (χ1v) is 5.10. The van der Waals surface area contributed by atoms with Crippen LogP contribution in [0.15, 0.2) is 9.21 Å². The van der Waals surface area contributed by atoms with Crippen LogP contribution < -0.4 is 10.5 Å². The fourth-order valence-electron chi connectivity index (χ4n) is 0.900. The van der Waals surface area contributed by atoms with E-state index in [9.17, 15) is 4.79 Å². The smallest absolute Gasteiger partial charge is 0.358 e. The topological polar surface area (TPSA) is 70.1 Å². The molecule has 0 saturated heterocycles. The van der Waals surface area contributed by atoms with Crippen molar-refractivity contribution in [3.8, 4) is 6.07 Å². The highest BCUT2D eigenvalue weighted by molar-refractivity contribution is 6.66. The van der Waals surface area contributed by atoms with E-state index in [-0.39, 0.29) is 11.7 Å². The summed E-state index contributed by atoms with van der Waals surface area (Å²) < 4.78 is 2.80. The monoisotopic (exact) mass is 281 g/mol. The molecule has 0 radical (unpaired) electrons. The van der Waals surface area contributed by atoms with Crippen molar-refractivity contribution < 1.29 is 4.42 Å². The minimum atomic E-state index is -1.95. The number of hydrogen-bond acceptors (Lipinski definition) is 5. The molecular formula is C8H6Cl3N3O2. The molecule has 5 nitrogen and oxygen atoms in total. The summed E-state index contributed by atoms with van der Waals surface area (Å²) in [5.41, 5.74) is -1.53. The molecule has 8 heteroatoms. The first-order chi connectivity index (χ1) is 7.27. The molecule has 0 aliphatic carbocycles. The van der Waals surface area contributed by atoms with Gasteiger partial charge in [0.15, 0.2) is 5.56 Å². The quantitative estimate of drug-likeness (QED) is 0.735. The predicted octanol–water partition coefficient (Wildman–Crippen LogP) is 1.80. The minimum Gasteiger partial charge on any atom is -0.388 e. The summed E-state index contributed by atoms with van der Waals surface area (Å²) in [6.45, 7) is 0. The van der Waals surface area contributed by atoms with Crippen LogP contribution in [0.4, 0.5) is 6.01 Å². The van der Waals surface area contributed by atoms with E-state index < -0.39 is 15.0 Å². The van der Waals surface area contributed by atoms with E-state index in [4.69, 9.17) is 44.5 Å². The summed E-state index contributed by atoms with van der Waals surface area (Å²) in [6.07, 6.45) is 0. The van der Waals surface area contributed by atoms with Gasteiger partial charge in [-0.15, -0.1) is 0 Å². The lowest BCUT2D eigenvalue weighted by Gasteiger charge is -2.14. The predicted molar refractivity (Wildman–Crippen MR) is 61.1 cm³/mol. The van der Waals surface area contributed by atoms with Crippen LogP contribution in [0.3, 0.4) is 0 Å². The van der Waals surface area contributed by atoms with Gasteiger partial charge in [-0.25, -0.2) is 4.79 Å². The van der Waals surface area contributed by atoms with Gasteiger partial charge in [0, 0.05) is 14.1 Å². The summed E-state index contributed by atoms with van der Waals surface area (Å²) in [4.78, 5) is 16.6. The molecule has 0 N–H and O–H groups in total. The molecule has 0 amide bonds. The van der Waals surface area contributed by atoms with Gasteiger partial charge in [0.1, 0.15) is 11.8 Å². The summed E-state index contributed by atoms with van der Waals surface area (Å²) in [7, 11) is 3.19. The second-order valence-electron chi connectivity index (χ2n) is 3.01. The standard InChI is InChI=1S/C8H6Cl3N3O2/c1-14(2)7-13-5(8(9,10)11)4(3-12)6(15)16-7/h1-2H3. The summed E-state index contributed by atoms with van der Waals surface area (Å²) in [5.74, 6) is 0. The first-order valence-electron chi connectivity index (χ1n) is 3.97. The zero-order valence-corrected chi connectivity index (χ0v) is 10.6. The van der Waals surface area contributed by atoms with Gasteiger partial charge in [-0.2, -0.15) is 10.2 Å². The van der Waals surface area contributed by atoms with Crippen LogP contribution >= 0.6 is 34.8 Å². The molecule has 0 fully saturated rings. The molecule has 0 spiro atoms.